The van der Waals surface area contributed by atoms with E-state index < -0.39 is 15.4 Å². The van der Waals surface area contributed by atoms with Gasteiger partial charge >= 0.3 is 0 Å². The number of sulfone groups is 1. The monoisotopic (exact) mass is 253 g/mol. The van der Waals surface area contributed by atoms with E-state index in [0.29, 0.717) is 12.0 Å². The van der Waals surface area contributed by atoms with Crippen LogP contribution in [0.5, 0.6) is 5.75 Å². The summed E-state index contributed by atoms with van der Waals surface area (Å²) in [5.74, 6) is 0.437. The molecule has 1 aliphatic heterocycles. The molecule has 0 radical (unpaired) electrons. The number of para-hydroxylation sites is 1. The van der Waals surface area contributed by atoms with E-state index in [2.05, 4.69) is 4.99 Å². The third kappa shape index (κ3) is 2.85. The van der Waals surface area contributed by atoms with Crippen molar-refractivity contribution >= 4 is 16.1 Å². The van der Waals surface area contributed by atoms with Gasteiger partial charge in [0.25, 0.3) is 0 Å². The molecular weight excluding hydrogens is 238 g/mol. The molecule has 4 nitrogen and oxygen atoms in total. The normalized spacial score (nSPS) is 27.6. The first-order chi connectivity index (χ1) is 7.90. The number of phenolic OH excluding ortho intramolecular Hbond substituents is 1. The molecule has 0 bridgehead atoms. The second kappa shape index (κ2) is 4.14. The van der Waals surface area contributed by atoms with E-state index in [1.165, 1.54) is 0 Å². The SMILES string of the molecule is CC1(N=Cc2ccccc2O)CCS(=O)(=O)C1. The van der Waals surface area contributed by atoms with Gasteiger partial charge in [-0.1, -0.05) is 12.1 Å². The van der Waals surface area contributed by atoms with E-state index in [1.54, 1.807) is 30.5 Å². The fourth-order valence-corrected chi connectivity index (χ4v) is 3.98. The second-order valence-electron chi connectivity index (χ2n) is 4.66. The third-order valence-electron chi connectivity index (χ3n) is 2.93. The maximum Gasteiger partial charge on any atom is 0.152 e. The summed E-state index contributed by atoms with van der Waals surface area (Å²) in [5.41, 5.74) is 0.0548. The summed E-state index contributed by atoms with van der Waals surface area (Å²) < 4.78 is 22.8. The van der Waals surface area contributed by atoms with Gasteiger partial charge in [0.15, 0.2) is 9.84 Å². The molecule has 92 valence electrons. The van der Waals surface area contributed by atoms with E-state index >= 15 is 0 Å². The van der Waals surface area contributed by atoms with Gasteiger partial charge in [0, 0.05) is 11.8 Å². The summed E-state index contributed by atoms with van der Waals surface area (Å²) in [4.78, 5) is 4.32. The minimum absolute atomic E-state index is 0.0874. The van der Waals surface area contributed by atoms with Crippen molar-refractivity contribution in [3.05, 3.63) is 29.8 Å². The number of benzene rings is 1. The van der Waals surface area contributed by atoms with Crippen LogP contribution in [0.25, 0.3) is 0 Å². The Kier molecular flexibility index (Phi) is 2.95. The quantitative estimate of drug-likeness (QED) is 0.810. The molecule has 1 aromatic carbocycles. The molecule has 1 atom stereocenters. The minimum atomic E-state index is -2.94. The van der Waals surface area contributed by atoms with Gasteiger partial charge in [-0.25, -0.2) is 8.42 Å². The van der Waals surface area contributed by atoms with E-state index in [9.17, 15) is 13.5 Å². The molecule has 1 aliphatic rings. The molecule has 2 rings (SSSR count). The molecule has 0 amide bonds. The van der Waals surface area contributed by atoms with E-state index in [1.807, 2.05) is 6.92 Å². The number of nitrogens with zero attached hydrogens (tertiary/aromatic N) is 1. The van der Waals surface area contributed by atoms with E-state index in [-0.39, 0.29) is 17.3 Å². The Bertz CT molecular complexity index is 551. The average Bonchev–Trinajstić information content (AvgIpc) is 2.53. The van der Waals surface area contributed by atoms with Crippen LogP contribution in [0.2, 0.25) is 0 Å². The first kappa shape index (κ1) is 12.1. The molecule has 0 aromatic heterocycles. The highest BCUT2D eigenvalue weighted by Crippen LogP contribution is 2.27. The molecule has 0 spiro atoms. The molecule has 1 N–H and O–H groups in total. The Balaban J connectivity index is 2.20. The first-order valence-corrected chi connectivity index (χ1v) is 7.26. The summed E-state index contributed by atoms with van der Waals surface area (Å²) in [5, 5.41) is 9.56. The summed E-state index contributed by atoms with van der Waals surface area (Å²) in [6.45, 7) is 1.83. The second-order valence-corrected chi connectivity index (χ2v) is 6.84. The highest BCUT2D eigenvalue weighted by Gasteiger charge is 2.37. The van der Waals surface area contributed by atoms with Crippen molar-refractivity contribution < 1.29 is 13.5 Å². The number of hydrogen-bond acceptors (Lipinski definition) is 4. The van der Waals surface area contributed by atoms with Crippen LogP contribution in [0.15, 0.2) is 29.3 Å². The van der Waals surface area contributed by atoms with Crippen LogP contribution in [-0.4, -0.2) is 36.8 Å². The van der Waals surface area contributed by atoms with Gasteiger partial charge < -0.3 is 5.11 Å². The third-order valence-corrected chi connectivity index (χ3v) is 4.82. The Morgan fingerprint density at radius 3 is 2.71 bits per heavy atom. The fraction of sp³-hybridized carbons (Fsp3) is 0.417. The van der Waals surface area contributed by atoms with E-state index in [0.717, 1.165) is 0 Å². The zero-order chi connectivity index (χ0) is 12.5. The van der Waals surface area contributed by atoms with Crippen LogP contribution in [-0.2, 0) is 9.84 Å². The standard InChI is InChI=1S/C12H15NO3S/c1-12(6-7-17(15,16)9-12)13-8-10-4-2-3-5-11(10)14/h2-5,8,14H,6-7,9H2,1H3. The molecule has 1 aromatic rings. The lowest BCUT2D eigenvalue weighted by atomic mass is 10.0. The van der Waals surface area contributed by atoms with Crippen LogP contribution in [0.1, 0.15) is 18.9 Å². The van der Waals surface area contributed by atoms with Crippen LogP contribution >= 0.6 is 0 Å². The van der Waals surface area contributed by atoms with Crippen molar-refractivity contribution in [1.82, 2.24) is 0 Å². The molecule has 5 heteroatoms. The molecule has 0 saturated carbocycles. The van der Waals surface area contributed by atoms with E-state index in [4.69, 9.17) is 0 Å². The lowest BCUT2D eigenvalue weighted by Gasteiger charge is -2.15. The maximum absolute atomic E-state index is 11.4. The van der Waals surface area contributed by atoms with Crippen LogP contribution in [0, 0.1) is 0 Å². The molecule has 0 aliphatic carbocycles. The smallest absolute Gasteiger partial charge is 0.152 e. The molecule has 1 saturated heterocycles. The van der Waals surface area contributed by atoms with Crippen molar-refractivity contribution in [3.63, 3.8) is 0 Å². The van der Waals surface area contributed by atoms with Gasteiger partial charge in [-0.3, -0.25) is 4.99 Å². The summed E-state index contributed by atoms with van der Waals surface area (Å²) in [6, 6.07) is 6.85. The lowest BCUT2D eigenvalue weighted by Crippen LogP contribution is -2.23. The van der Waals surface area contributed by atoms with Crippen molar-refractivity contribution in [2.24, 2.45) is 4.99 Å². The Labute approximate surface area is 101 Å². The van der Waals surface area contributed by atoms with Crippen molar-refractivity contribution in [2.75, 3.05) is 11.5 Å². The predicted octanol–water partition coefficient (Wildman–Crippen LogP) is 1.39. The van der Waals surface area contributed by atoms with Crippen LogP contribution in [0.3, 0.4) is 0 Å². The van der Waals surface area contributed by atoms with Crippen molar-refractivity contribution in [2.45, 2.75) is 18.9 Å². The molecule has 1 unspecified atom stereocenters. The number of rotatable bonds is 2. The number of aromatic hydroxyl groups is 1. The summed E-state index contributed by atoms with van der Waals surface area (Å²) in [6.07, 6.45) is 2.09. The molecular formula is C12H15NO3S. The zero-order valence-electron chi connectivity index (χ0n) is 9.63. The topological polar surface area (TPSA) is 66.7 Å². The summed E-state index contributed by atoms with van der Waals surface area (Å²) >= 11 is 0. The van der Waals surface area contributed by atoms with Gasteiger partial charge in [-0.05, 0) is 25.5 Å². The zero-order valence-corrected chi connectivity index (χ0v) is 10.4. The summed E-state index contributed by atoms with van der Waals surface area (Å²) in [7, 11) is -2.94. The number of aliphatic imine (C=N–C) groups is 1. The Morgan fingerprint density at radius 2 is 2.12 bits per heavy atom. The predicted molar refractivity (Wildman–Crippen MR) is 67.4 cm³/mol. The van der Waals surface area contributed by atoms with Crippen LogP contribution in [0.4, 0.5) is 0 Å². The average molecular weight is 253 g/mol. The Morgan fingerprint density at radius 1 is 1.41 bits per heavy atom. The van der Waals surface area contributed by atoms with Crippen LogP contribution < -0.4 is 0 Å². The molecule has 1 fully saturated rings. The van der Waals surface area contributed by atoms with Gasteiger partial charge in [0.1, 0.15) is 5.75 Å². The van der Waals surface area contributed by atoms with Gasteiger partial charge in [-0.15, -0.1) is 0 Å². The van der Waals surface area contributed by atoms with Crippen molar-refractivity contribution in [3.8, 4) is 5.75 Å². The lowest BCUT2D eigenvalue weighted by molar-refractivity contribution is 0.474. The first-order valence-electron chi connectivity index (χ1n) is 5.44. The minimum Gasteiger partial charge on any atom is -0.507 e. The maximum atomic E-state index is 11.4. The van der Waals surface area contributed by atoms with Gasteiger partial charge in [-0.2, -0.15) is 0 Å². The molecule has 1 heterocycles. The fourth-order valence-electron chi connectivity index (χ4n) is 1.92. The largest absolute Gasteiger partial charge is 0.507 e. The van der Waals surface area contributed by atoms with Gasteiger partial charge in [0.2, 0.25) is 0 Å². The Hall–Kier alpha value is -1.36. The number of phenols is 1. The number of hydrogen-bond donors (Lipinski definition) is 1. The van der Waals surface area contributed by atoms with Crippen molar-refractivity contribution in [1.29, 1.82) is 0 Å². The molecule has 17 heavy (non-hydrogen) atoms. The highest BCUT2D eigenvalue weighted by molar-refractivity contribution is 7.91. The highest BCUT2D eigenvalue weighted by atomic mass is 32.2. The van der Waals surface area contributed by atoms with Gasteiger partial charge in [0.05, 0.1) is 17.0 Å².